The number of benzene rings is 2. The fourth-order valence-corrected chi connectivity index (χ4v) is 3.62. The van der Waals surface area contributed by atoms with E-state index in [2.05, 4.69) is 10.3 Å². The maximum Gasteiger partial charge on any atom is 0.260 e. The van der Waals surface area contributed by atoms with E-state index in [-0.39, 0.29) is 18.2 Å². The minimum Gasteiger partial charge on any atom is -0.352 e. The number of halogens is 1. The SMILES string of the molecule is Cc1ccc(CNC(=O)CC2c3ncccc3C(=O)N2c2ccc(Cl)cc2)cc1. The number of anilines is 1. The lowest BCUT2D eigenvalue weighted by Gasteiger charge is -2.24. The molecule has 2 heterocycles. The highest BCUT2D eigenvalue weighted by atomic mass is 35.5. The molecule has 0 spiro atoms. The van der Waals surface area contributed by atoms with Crippen LogP contribution >= 0.6 is 11.6 Å². The highest BCUT2D eigenvalue weighted by Gasteiger charge is 2.39. The minimum absolute atomic E-state index is 0.129. The van der Waals surface area contributed by atoms with Gasteiger partial charge in [0.05, 0.1) is 23.7 Å². The molecule has 4 rings (SSSR count). The summed E-state index contributed by atoms with van der Waals surface area (Å²) in [4.78, 5) is 31.7. The van der Waals surface area contributed by atoms with Crippen LogP contribution in [-0.2, 0) is 11.3 Å². The van der Waals surface area contributed by atoms with Crippen molar-refractivity contribution in [3.05, 3.63) is 94.3 Å². The zero-order valence-electron chi connectivity index (χ0n) is 15.9. The molecule has 0 saturated heterocycles. The summed E-state index contributed by atoms with van der Waals surface area (Å²) < 4.78 is 0. The number of carbonyl (C=O) groups excluding carboxylic acids is 2. The maximum atomic E-state index is 13.0. The molecular weight excluding hydrogens is 386 g/mol. The molecule has 1 aliphatic heterocycles. The standard InChI is InChI=1S/C23H20ClN3O2/c1-15-4-6-16(7-5-15)14-26-21(28)13-20-22-19(3-2-12-25-22)23(29)27(20)18-10-8-17(24)9-11-18/h2-12,20H,13-14H2,1H3,(H,26,28). The van der Waals surface area contributed by atoms with Crippen molar-refractivity contribution in [3.8, 4) is 0 Å². The average molecular weight is 406 g/mol. The van der Waals surface area contributed by atoms with Crippen LogP contribution in [0.15, 0.2) is 66.9 Å². The van der Waals surface area contributed by atoms with E-state index in [1.54, 1.807) is 47.5 Å². The fraction of sp³-hybridized carbons (Fsp3) is 0.174. The van der Waals surface area contributed by atoms with Gasteiger partial charge in [0, 0.05) is 23.5 Å². The first-order valence-electron chi connectivity index (χ1n) is 9.39. The van der Waals surface area contributed by atoms with Crippen molar-refractivity contribution in [2.45, 2.75) is 25.9 Å². The van der Waals surface area contributed by atoms with Gasteiger partial charge in [0.15, 0.2) is 0 Å². The fourth-order valence-electron chi connectivity index (χ4n) is 3.50. The zero-order chi connectivity index (χ0) is 20.4. The van der Waals surface area contributed by atoms with Crippen molar-refractivity contribution < 1.29 is 9.59 Å². The normalized spacial score (nSPS) is 15.3. The summed E-state index contributed by atoms with van der Waals surface area (Å²) >= 11 is 5.99. The molecule has 0 fully saturated rings. The number of nitrogens with one attached hydrogen (secondary N) is 1. The van der Waals surface area contributed by atoms with E-state index in [0.29, 0.717) is 28.5 Å². The number of hydrogen-bond acceptors (Lipinski definition) is 3. The van der Waals surface area contributed by atoms with Crippen molar-refractivity contribution >= 4 is 29.1 Å². The Kier molecular flexibility index (Phi) is 5.32. The number of hydrogen-bond donors (Lipinski definition) is 1. The lowest BCUT2D eigenvalue weighted by atomic mass is 10.1. The van der Waals surface area contributed by atoms with Gasteiger partial charge < -0.3 is 5.32 Å². The van der Waals surface area contributed by atoms with Crippen molar-refractivity contribution in [2.75, 3.05) is 4.90 Å². The third kappa shape index (κ3) is 4.00. The Balaban J connectivity index is 1.55. The van der Waals surface area contributed by atoms with Gasteiger partial charge in [-0.3, -0.25) is 19.5 Å². The predicted octanol–water partition coefficient (Wildman–Crippen LogP) is 4.45. The molecular formula is C23H20ClN3O2. The molecule has 1 N–H and O–H groups in total. The molecule has 2 aromatic carbocycles. The topological polar surface area (TPSA) is 62.3 Å². The van der Waals surface area contributed by atoms with E-state index in [1.165, 1.54) is 5.56 Å². The molecule has 1 aromatic heterocycles. The molecule has 146 valence electrons. The molecule has 0 aliphatic carbocycles. The number of carbonyl (C=O) groups is 2. The molecule has 0 saturated carbocycles. The molecule has 0 bridgehead atoms. The molecule has 1 unspecified atom stereocenters. The number of fused-ring (bicyclic) bond motifs is 1. The molecule has 5 nitrogen and oxygen atoms in total. The average Bonchev–Trinajstić information content (AvgIpc) is 3.00. The summed E-state index contributed by atoms with van der Waals surface area (Å²) in [6.45, 7) is 2.46. The number of aryl methyl sites for hydroxylation is 1. The van der Waals surface area contributed by atoms with Gasteiger partial charge in [-0.15, -0.1) is 0 Å². The Labute approximate surface area is 174 Å². The number of rotatable bonds is 5. The quantitative estimate of drug-likeness (QED) is 0.682. The summed E-state index contributed by atoms with van der Waals surface area (Å²) in [5, 5.41) is 3.53. The van der Waals surface area contributed by atoms with Crippen LogP contribution in [0.4, 0.5) is 5.69 Å². The van der Waals surface area contributed by atoms with Crippen molar-refractivity contribution in [1.82, 2.24) is 10.3 Å². The molecule has 6 heteroatoms. The van der Waals surface area contributed by atoms with Crippen molar-refractivity contribution in [3.63, 3.8) is 0 Å². The van der Waals surface area contributed by atoms with Gasteiger partial charge in [-0.1, -0.05) is 41.4 Å². The lowest BCUT2D eigenvalue weighted by molar-refractivity contribution is -0.121. The lowest BCUT2D eigenvalue weighted by Crippen LogP contribution is -2.32. The van der Waals surface area contributed by atoms with Crippen LogP contribution in [0, 0.1) is 6.92 Å². The Morgan fingerprint density at radius 3 is 2.55 bits per heavy atom. The van der Waals surface area contributed by atoms with Crippen LogP contribution in [0.5, 0.6) is 0 Å². The Morgan fingerprint density at radius 1 is 1.10 bits per heavy atom. The highest BCUT2D eigenvalue weighted by Crippen LogP contribution is 2.38. The molecule has 29 heavy (non-hydrogen) atoms. The second-order valence-electron chi connectivity index (χ2n) is 7.07. The van der Waals surface area contributed by atoms with Gasteiger partial charge in [-0.25, -0.2) is 0 Å². The molecule has 1 aliphatic rings. The van der Waals surface area contributed by atoms with Gasteiger partial charge in [0.1, 0.15) is 0 Å². The van der Waals surface area contributed by atoms with Crippen LogP contribution in [0.3, 0.4) is 0 Å². The third-order valence-electron chi connectivity index (χ3n) is 5.01. The van der Waals surface area contributed by atoms with Gasteiger partial charge >= 0.3 is 0 Å². The van der Waals surface area contributed by atoms with Gasteiger partial charge in [0.25, 0.3) is 5.91 Å². The smallest absolute Gasteiger partial charge is 0.260 e. The molecule has 0 radical (unpaired) electrons. The predicted molar refractivity (Wildman–Crippen MR) is 113 cm³/mol. The number of aromatic nitrogens is 1. The van der Waals surface area contributed by atoms with E-state index in [9.17, 15) is 9.59 Å². The highest BCUT2D eigenvalue weighted by molar-refractivity contribution is 6.30. The zero-order valence-corrected chi connectivity index (χ0v) is 16.7. The number of nitrogens with zero attached hydrogens (tertiary/aromatic N) is 2. The van der Waals surface area contributed by atoms with Gasteiger partial charge in [-0.05, 0) is 48.9 Å². The van der Waals surface area contributed by atoms with E-state index in [0.717, 1.165) is 5.56 Å². The van der Waals surface area contributed by atoms with Crippen LogP contribution in [0.25, 0.3) is 0 Å². The third-order valence-corrected chi connectivity index (χ3v) is 5.26. The van der Waals surface area contributed by atoms with E-state index >= 15 is 0 Å². The van der Waals surface area contributed by atoms with E-state index < -0.39 is 6.04 Å². The van der Waals surface area contributed by atoms with Gasteiger partial charge in [-0.2, -0.15) is 0 Å². The van der Waals surface area contributed by atoms with Crippen LogP contribution in [0.2, 0.25) is 5.02 Å². The van der Waals surface area contributed by atoms with Crippen molar-refractivity contribution in [1.29, 1.82) is 0 Å². The van der Waals surface area contributed by atoms with Crippen molar-refractivity contribution in [2.24, 2.45) is 0 Å². The molecule has 1 atom stereocenters. The second kappa shape index (κ2) is 8.05. The summed E-state index contributed by atoms with van der Waals surface area (Å²) in [6, 6.07) is 18.1. The maximum absolute atomic E-state index is 13.0. The summed E-state index contributed by atoms with van der Waals surface area (Å²) in [7, 11) is 0. The van der Waals surface area contributed by atoms with Gasteiger partial charge in [0.2, 0.25) is 5.91 Å². The van der Waals surface area contributed by atoms with E-state index in [1.807, 2.05) is 31.2 Å². The second-order valence-corrected chi connectivity index (χ2v) is 7.51. The van der Waals surface area contributed by atoms with Crippen LogP contribution in [0.1, 0.15) is 39.6 Å². The minimum atomic E-state index is -0.460. The number of amides is 2. The van der Waals surface area contributed by atoms with E-state index in [4.69, 9.17) is 11.6 Å². The monoisotopic (exact) mass is 405 g/mol. The van der Waals surface area contributed by atoms with Crippen LogP contribution in [-0.4, -0.2) is 16.8 Å². The summed E-state index contributed by atoms with van der Waals surface area (Å²) in [5.74, 6) is -0.299. The van der Waals surface area contributed by atoms with Crippen LogP contribution < -0.4 is 10.2 Å². The number of pyridine rings is 1. The summed E-state index contributed by atoms with van der Waals surface area (Å²) in [5.41, 5.74) is 4.04. The first-order valence-corrected chi connectivity index (χ1v) is 9.77. The molecule has 2 amide bonds. The molecule has 3 aromatic rings. The largest absolute Gasteiger partial charge is 0.352 e. The summed E-state index contributed by atoms with van der Waals surface area (Å²) in [6.07, 6.45) is 1.78. The Morgan fingerprint density at radius 2 is 1.83 bits per heavy atom. The first kappa shape index (κ1) is 19.2. The Bertz CT molecular complexity index is 1050. The first-order chi connectivity index (χ1) is 14.0. The Hall–Kier alpha value is -3.18.